The van der Waals surface area contributed by atoms with Gasteiger partial charge in [-0.3, -0.25) is 4.79 Å². The van der Waals surface area contributed by atoms with Crippen LogP contribution in [0.2, 0.25) is 0 Å². The highest BCUT2D eigenvalue weighted by Crippen LogP contribution is 2.34. The van der Waals surface area contributed by atoms with E-state index in [-0.39, 0.29) is 11.9 Å². The van der Waals surface area contributed by atoms with Gasteiger partial charge in [-0.15, -0.1) is 0 Å². The van der Waals surface area contributed by atoms with E-state index in [9.17, 15) is 4.79 Å². The zero-order chi connectivity index (χ0) is 10.7. The maximum Gasteiger partial charge on any atom is 0.310 e. The Morgan fingerprint density at radius 3 is 2.60 bits per heavy atom. The molecule has 1 unspecified atom stereocenters. The summed E-state index contributed by atoms with van der Waals surface area (Å²) in [6, 6.07) is 9.75. The Morgan fingerprint density at radius 1 is 1.33 bits per heavy atom. The van der Waals surface area contributed by atoms with Crippen LogP contribution in [-0.4, -0.2) is 10.8 Å². The van der Waals surface area contributed by atoms with Gasteiger partial charge in [-0.2, -0.15) is 0 Å². The highest BCUT2D eigenvalue weighted by molar-refractivity contribution is 9.09. The second-order valence-electron chi connectivity index (χ2n) is 3.79. The van der Waals surface area contributed by atoms with Crippen molar-refractivity contribution in [2.24, 2.45) is 5.92 Å². The highest BCUT2D eigenvalue weighted by Gasteiger charge is 2.35. The second-order valence-corrected chi connectivity index (χ2v) is 4.97. The molecule has 0 spiro atoms. The van der Waals surface area contributed by atoms with Gasteiger partial charge in [-0.05, 0) is 18.4 Å². The Kier molecular flexibility index (Phi) is 3.41. The fraction of sp³-hybridized carbons (Fsp3) is 0.417. The number of hydrogen-bond acceptors (Lipinski definition) is 2. The molecule has 80 valence electrons. The van der Waals surface area contributed by atoms with Gasteiger partial charge in [-0.1, -0.05) is 46.3 Å². The molecule has 0 saturated heterocycles. The summed E-state index contributed by atoms with van der Waals surface area (Å²) < 4.78 is 5.23. The zero-order valence-corrected chi connectivity index (χ0v) is 9.94. The fourth-order valence-electron chi connectivity index (χ4n) is 1.56. The Labute approximate surface area is 97.8 Å². The normalized spacial score (nSPS) is 24.3. The molecule has 0 aromatic heterocycles. The van der Waals surface area contributed by atoms with Crippen LogP contribution in [0.15, 0.2) is 30.3 Å². The van der Waals surface area contributed by atoms with Crippen LogP contribution in [-0.2, 0) is 16.1 Å². The van der Waals surface area contributed by atoms with E-state index in [1.807, 2.05) is 30.3 Å². The van der Waals surface area contributed by atoms with Crippen molar-refractivity contribution in [3.63, 3.8) is 0 Å². The van der Waals surface area contributed by atoms with E-state index in [1.54, 1.807) is 0 Å². The van der Waals surface area contributed by atoms with Crippen LogP contribution in [0.25, 0.3) is 0 Å². The SMILES string of the molecule is O=C(OCc1ccccc1)[C@H]1CCC1Br. The Bertz CT molecular complexity index is 337. The Hall–Kier alpha value is -0.830. The molecule has 0 radical (unpaired) electrons. The molecule has 2 rings (SSSR count). The first kappa shape index (κ1) is 10.7. The van der Waals surface area contributed by atoms with Crippen LogP contribution in [0, 0.1) is 5.92 Å². The lowest BCUT2D eigenvalue weighted by Gasteiger charge is -2.29. The number of rotatable bonds is 3. The van der Waals surface area contributed by atoms with E-state index in [4.69, 9.17) is 4.74 Å². The third-order valence-corrected chi connectivity index (χ3v) is 3.81. The number of carbonyl (C=O) groups excluding carboxylic acids is 1. The van der Waals surface area contributed by atoms with Crippen LogP contribution >= 0.6 is 15.9 Å². The third-order valence-electron chi connectivity index (χ3n) is 2.72. The average Bonchev–Trinajstić information content (AvgIpc) is 2.26. The number of halogens is 1. The molecule has 0 N–H and O–H groups in total. The summed E-state index contributed by atoms with van der Waals surface area (Å²) in [4.78, 5) is 11.9. The molecule has 1 aromatic rings. The maximum atomic E-state index is 11.6. The fourth-order valence-corrected chi connectivity index (χ4v) is 2.31. The lowest BCUT2D eigenvalue weighted by Crippen LogP contribution is -2.34. The largest absolute Gasteiger partial charge is 0.461 e. The minimum absolute atomic E-state index is 0.0636. The summed E-state index contributed by atoms with van der Waals surface area (Å²) >= 11 is 3.45. The Morgan fingerprint density at radius 2 is 2.07 bits per heavy atom. The predicted octanol–water partition coefficient (Wildman–Crippen LogP) is 2.90. The highest BCUT2D eigenvalue weighted by atomic mass is 79.9. The lowest BCUT2D eigenvalue weighted by atomic mass is 9.85. The first-order valence-electron chi connectivity index (χ1n) is 5.12. The standard InChI is InChI=1S/C12H13BrO2/c13-11-7-6-10(11)12(14)15-8-9-4-2-1-3-5-9/h1-5,10-11H,6-8H2/t10-,11?/m0/s1. The Balaban J connectivity index is 1.81. The third kappa shape index (κ3) is 2.59. The van der Waals surface area contributed by atoms with E-state index >= 15 is 0 Å². The maximum absolute atomic E-state index is 11.6. The molecule has 0 bridgehead atoms. The van der Waals surface area contributed by atoms with Gasteiger partial charge in [0.1, 0.15) is 6.61 Å². The molecule has 0 heterocycles. The van der Waals surface area contributed by atoms with Crippen LogP contribution < -0.4 is 0 Å². The van der Waals surface area contributed by atoms with Crippen LogP contribution in [0.3, 0.4) is 0 Å². The first-order valence-corrected chi connectivity index (χ1v) is 6.03. The lowest BCUT2D eigenvalue weighted by molar-refractivity contribution is -0.152. The summed E-state index contributed by atoms with van der Waals surface area (Å²) in [6.07, 6.45) is 2.02. The van der Waals surface area contributed by atoms with Gasteiger partial charge in [0.2, 0.25) is 0 Å². The van der Waals surface area contributed by atoms with Crippen LogP contribution in [0.1, 0.15) is 18.4 Å². The molecule has 0 amide bonds. The second kappa shape index (κ2) is 4.79. The molecule has 1 saturated carbocycles. The molecule has 1 aromatic carbocycles. The summed E-state index contributed by atoms with van der Waals surface area (Å²) in [5.74, 6) is -0.0132. The number of ether oxygens (including phenoxy) is 1. The van der Waals surface area contributed by atoms with Crippen molar-refractivity contribution >= 4 is 21.9 Å². The summed E-state index contributed by atoms with van der Waals surface area (Å²) in [7, 11) is 0. The van der Waals surface area contributed by atoms with E-state index in [2.05, 4.69) is 15.9 Å². The molecule has 15 heavy (non-hydrogen) atoms. The molecule has 2 atom stereocenters. The molecule has 1 fully saturated rings. The predicted molar refractivity (Wildman–Crippen MR) is 61.7 cm³/mol. The van der Waals surface area contributed by atoms with Gasteiger partial charge in [0.15, 0.2) is 0 Å². The molecule has 1 aliphatic rings. The van der Waals surface area contributed by atoms with E-state index in [0.29, 0.717) is 11.4 Å². The molecule has 2 nitrogen and oxygen atoms in total. The van der Waals surface area contributed by atoms with Crippen molar-refractivity contribution in [2.75, 3.05) is 0 Å². The summed E-state index contributed by atoms with van der Waals surface area (Å²) in [5, 5.41) is 0. The van der Waals surface area contributed by atoms with Gasteiger partial charge in [-0.25, -0.2) is 0 Å². The molecule has 1 aliphatic carbocycles. The quantitative estimate of drug-likeness (QED) is 0.623. The number of hydrogen-bond donors (Lipinski definition) is 0. The van der Waals surface area contributed by atoms with Crippen molar-refractivity contribution in [1.82, 2.24) is 0 Å². The van der Waals surface area contributed by atoms with Crippen LogP contribution in [0.5, 0.6) is 0 Å². The van der Waals surface area contributed by atoms with Gasteiger partial charge in [0, 0.05) is 4.83 Å². The monoisotopic (exact) mass is 268 g/mol. The molecule has 0 aliphatic heterocycles. The topological polar surface area (TPSA) is 26.3 Å². The first-order chi connectivity index (χ1) is 7.27. The summed E-state index contributed by atoms with van der Waals surface area (Å²) in [5.41, 5.74) is 1.04. The van der Waals surface area contributed by atoms with E-state index < -0.39 is 0 Å². The summed E-state index contributed by atoms with van der Waals surface area (Å²) in [6.45, 7) is 0.385. The number of carbonyl (C=O) groups is 1. The van der Waals surface area contributed by atoms with Crippen LogP contribution in [0.4, 0.5) is 0 Å². The van der Waals surface area contributed by atoms with Gasteiger partial charge in [0.05, 0.1) is 5.92 Å². The van der Waals surface area contributed by atoms with Crippen molar-refractivity contribution < 1.29 is 9.53 Å². The van der Waals surface area contributed by atoms with E-state index in [0.717, 1.165) is 18.4 Å². The van der Waals surface area contributed by atoms with Crippen molar-refractivity contribution in [2.45, 2.75) is 24.3 Å². The minimum Gasteiger partial charge on any atom is -0.461 e. The minimum atomic E-state index is -0.0769. The average molecular weight is 269 g/mol. The number of esters is 1. The van der Waals surface area contributed by atoms with E-state index in [1.165, 1.54) is 0 Å². The number of alkyl halides is 1. The molecule has 3 heteroatoms. The molecular formula is C12H13BrO2. The van der Waals surface area contributed by atoms with Crippen molar-refractivity contribution in [1.29, 1.82) is 0 Å². The number of benzene rings is 1. The smallest absolute Gasteiger partial charge is 0.310 e. The van der Waals surface area contributed by atoms with Gasteiger partial charge >= 0.3 is 5.97 Å². The van der Waals surface area contributed by atoms with Crippen molar-refractivity contribution in [3.8, 4) is 0 Å². The van der Waals surface area contributed by atoms with Crippen molar-refractivity contribution in [3.05, 3.63) is 35.9 Å². The van der Waals surface area contributed by atoms with Gasteiger partial charge in [0.25, 0.3) is 0 Å². The molecular weight excluding hydrogens is 256 g/mol. The zero-order valence-electron chi connectivity index (χ0n) is 8.36. The van der Waals surface area contributed by atoms with Gasteiger partial charge < -0.3 is 4.74 Å².